The van der Waals surface area contributed by atoms with Gasteiger partial charge in [-0.15, -0.1) is 0 Å². The first-order valence-electron chi connectivity index (χ1n) is 8.37. The molecule has 2 aliphatic rings. The molecule has 0 fully saturated rings. The highest BCUT2D eigenvalue weighted by Crippen LogP contribution is 2.34. The molecule has 1 aromatic heterocycles. The summed E-state index contributed by atoms with van der Waals surface area (Å²) >= 11 is 3.55. The van der Waals surface area contributed by atoms with Crippen LogP contribution in [0.3, 0.4) is 0 Å². The maximum absolute atomic E-state index is 10.9. The quantitative estimate of drug-likeness (QED) is 0.725. The molecule has 0 spiro atoms. The summed E-state index contributed by atoms with van der Waals surface area (Å²) in [6, 6.07) is 7.27. The molecule has 3 heterocycles. The number of amidine groups is 1. The van der Waals surface area contributed by atoms with Crippen LogP contribution in [0.1, 0.15) is 22.6 Å². The van der Waals surface area contributed by atoms with Gasteiger partial charge in [-0.1, -0.05) is 40.2 Å². The van der Waals surface area contributed by atoms with Crippen molar-refractivity contribution >= 4 is 39.7 Å². The molecule has 0 saturated heterocycles. The second kappa shape index (κ2) is 6.73. The standard InChI is InChI=1S/C18H17BrN6O2/c1-24-9-12(7-21-24)13-8-22-25-17(20)15(19)16(23-18(13)25)11-4-2-10(3-5-11)6-14(26)27/h2-5,7-9,13,15,18,20H,6H2,1H3,(H,26,27). The van der Waals surface area contributed by atoms with Crippen LogP contribution < -0.4 is 0 Å². The van der Waals surface area contributed by atoms with E-state index in [0.717, 1.165) is 22.4 Å². The van der Waals surface area contributed by atoms with Crippen LogP contribution in [0.15, 0.2) is 46.8 Å². The molecule has 0 bridgehead atoms. The molecule has 1 aromatic carbocycles. The first-order valence-corrected chi connectivity index (χ1v) is 9.29. The molecule has 3 atom stereocenters. The molecule has 0 radical (unpaired) electrons. The molecular formula is C18H17BrN6O2. The number of carbonyl (C=O) groups is 1. The van der Waals surface area contributed by atoms with Gasteiger partial charge in [0.1, 0.15) is 10.7 Å². The van der Waals surface area contributed by atoms with E-state index in [1.165, 1.54) is 0 Å². The third-order valence-corrected chi connectivity index (χ3v) is 5.50. The van der Waals surface area contributed by atoms with Crippen LogP contribution in [0, 0.1) is 5.41 Å². The van der Waals surface area contributed by atoms with E-state index >= 15 is 0 Å². The zero-order valence-corrected chi connectivity index (χ0v) is 16.0. The second-order valence-electron chi connectivity index (χ2n) is 6.53. The number of aliphatic carboxylic acids is 1. The average molecular weight is 429 g/mol. The number of carboxylic acids is 1. The van der Waals surface area contributed by atoms with E-state index in [9.17, 15) is 4.79 Å². The zero-order valence-electron chi connectivity index (χ0n) is 14.5. The van der Waals surface area contributed by atoms with Crippen LogP contribution in [0.2, 0.25) is 0 Å². The van der Waals surface area contributed by atoms with E-state index < -0.39 is 5.97 Å². The van der Waals surface area contributed by atoms with E-state index in [1.54, 1.807) is 34.2 Å². The highest BCUT2D eigenvalue weighted by molar-refractivity contribution is 9.10. The average Bonchev–Trinajstić information content (AvgIpc) is 3.24. The summed E-state index contributed by atoms with van der Waals surface area (Å²) in [6.07, 6.45) is 5.18. The van der Waals surface area contributed by atoms with Gasteiger partial charge in [0.25, 0.3) is 0 Å². The van der Waals surface area contributed by atoms with Crippen molar-refractivity contribution < 1.29 is 9.90 Å². The molecule has 138 valence electrons. The minimum atomic E-state index is -0.865. The van der Waals surface area contributed by atoms with E-state index in [0.29, 0.717) is 5.84 Å². The van der Waals surface area contributed by atoms with Crippen molar-refractivity contribution in [2.75, 3.05) is 0 Å². The molecule has 0 aliphatic carbocycles. The number of aliphatic imine (C=N–C) groups is 1. The number of benzene rings is 1. The Labute approximate surface area is 163 Å². The Kier molecular flexibility index (Phi) is 4.39. The molecule has 0 amide bonds. The summed E-state index contributed by atoms with van der Waals surface area (Å²) in [4.78, 5) is 15.4. The molecule has 3 unspecified atom stereocenters. The maximum atomic E-state index is 10.9. The summed E-state index contributed by atoms with van der Waals surface area (Å²) in [5.74, 6) is -0.626. The molecule has 0 saturated carbocycles. The first kappa shape index (κ1) is 17.6. The van der Waals surface area contributed by atoms with Gasteiger partial charge in [0.15, 0.2) is 6.17 Å². The number of hydrogen-bond acceptors (Lipinski definition) is 5. The summed E-state index contributed by atoms with van der Waals surface area (Å²) in [5.41, 5.74) is 3.31. The summed E-state index contributed by atoms with van der Waals surface area (Å²) < 4.78 is 1.74. The summed E-state index contributed by atoms with van der Waals surface area (Å²) in [5, 5.41) is 27.6. The van der Waals surface area contributed by atoms with Crippen molar-refractivity contribution in [1.29, 1.82) is 5.41 Å². The molecule has 8 nitrogen and oxygen atoms in total. The van der Waals surface area contributed by atoms with Gasteiger partial charge >= 0.3 is 5.97 Å². The van der Waals surface area contributed by atoms with Gasteiger partial charge in [-0.05, 0) is 11.1 Å². The number of fused-ring (bicyclic) bond motifs is 1. The minimum absolute atomic E-state index is 0.0202. The maximum Gasteiger partial charge on any atom is 0.307 e. The van der Waals surface area contributed by atoms with Gasteiger partial charge < -0.3 is 5.11 Å². The van der Waals surface area contributed by atoms with Crippen LogP contribution in [0.5, 0.6) is 0 Å². The Bertz CT molecular complexity index is 964. The normalized spacial score (nSPS) is 24.1. The predicted molar refractivity (Wildman–Crippen MR) is 105 cm³/mol. The molecule has 9 heteroatoms. The number of rotatable bonds is 4. The fourth-order valence-electron chi connectivity index (χ4n) is 3.29. The van der Waals surface area contributed by atoms with Crippen LogP contribution in [-0.4, -0.2) is 54.6 Å². The largest absolute Gasteiger partial charge is 0.481 e. The van der Waals surface area contributed by atoms with E-state index in [1.807, 2.05) is 25.4 Å². The third kappa shape index (κ3) is 3.18. The molecule has 4 rings (SSSR count). The predicted octanol–water partition coefficient (Wildman–Crippen LogP) is 2.00. The highest BCUT2D eigenvalue weighted by Gasteiger charge is 2.42. The van der Waals surface area contributed by atoms with Crippen molar-refractivity contribution in [2.24, 2.45) is 17.1 Å². The number of halogens is 1. The van der Waals surface area contributed by atoms with E-state index in [-0.39, 0.29) is 23.3 Å². The van der Waals surface area contributed by atoms with Crippen molar-refractivity contribution in [3.05, 3.63) is 53.3 Å². The number of hydrazone groups is 1. The molecule has 2 aliphatic heterocycles. The van der Waals surface area contributed by atoms with Gasteiger partial charge in [0.05, 0.1) is 24.2 Å². The minimum Gasteiger partial charge on any atom is -0.481 e. The van der Waals surface area contributed by atoms with Crippen molar-refractivity contribution in [1.82, 2.24) is 14.8 Å². The second-order valence-corrected chi connectivity index (χ2v) is 7.44. The van der Waals surface area contributed by atoms with Crippen LogP contribution in [0.25, 0.3) is 0 Å². The Hall–Kier alpha value is -2.81. The number of hydrogen-bond donors (Lipinski definition) is 2. The highest BCUT2D eigenvalue weighted by atomic mass is 79.9. The lowest BCUT2D eigenvalue weighted by Crippen LogP contribution is -2.47. The monoisotopic (exact) mass is 428 g/mol. The molecule has 27 heavy (non-hydrogen) atoms. The summed E-state index contributed by atoms with van der Waals surface area (Å²) in [6.45, 7) is 0. The van der Waals surface area contributed by atoms with Gasteiger partial charge in [-0.25, -0.2) is 5.01 Å². The van der Waals surface area contributed by atoms with Crippen LogP contribution in [0.4, 0.5) is 0 Å². The number of carboxylic acid groups (broad SMARTS) is 1. The van der Waals surface area contributed by atoms with E-state index in [4.69, 9.17) is 15.5 Å². The van der Waals surface area contributed by atoms with Crippen molar-refractivity contribution in [2.45, 2.75) is 23.3 Å². The number of aryl methyl sites for hydroxylation is 1. The van der Waals surface area contributed by atoms with Gasteiger partial charge in [-0.2, -0.15) is 10.2 Å². The lowest BCUT2D eigenvalue weighted by molar-refractivity contribution is -0.136. The molecular weight excluding hydrogens is 412 g/mol. The number of nitrogens with one attached hydrogen (secondary N) is 1. The lowest BCUT2D eigenvalue weighted by atomic mass is 9.97. The number of aromatic nitrogens is 2. The Balaban J connectivity index is 1.68. The first-order chi connectivity index (χ1) is 12.9. The third-order valence-electron chi connectivity index (χ3n) is 4.64. The van der Waals surface area contributed by atoms with Crippen molar-refractivity contribution in [3.8, 4) is 0 Å². The van der Waals surface area contributed by atoms with Gasteiger partial charge in [0, 0.05) is 25.0 Å². The topological polar surface area (TPSA) is 107 Å². The van der Waals surface area contributed by atoms with Gasteiger partial charge in [0.2, 0.25) is 0 Å². The van der Waals surface area contributed by atoms with Crippen LogP contribution >= 0.6 is 15.9 Å². The number of alkyl halides is 1. The Morgan fingerprint density at radius 3 is 2.70 bits per heavy atom. The smallest absolute Gasteiger partial charge is 0.307 e. The lowest BCUT2D eigenvalue weighted by Gasteiger charge is -2.33. The molecule has 2 N–H and O–H groups in total. The van der Waals surface area contributed by atoms with Gasteiger partial charge in [-0.3, -0.25) is 19.9 Å². The molecule has 2 aromatic rings. The SMILES string of the molecule is Cn1cc(C2C=NN3C(=N)C(Br)C(c4ccc(CC(=O)O)cc4)=NC23)cn1. The van der Waals surface area contributed by atoms with Crippen molar-refractivity contribution in [3.63, 3.8) is 0 Å². The van der Waals surface area contributed by atoms with Crippen LogP contribution in [-0.2, 0) is 18.3 Å². The van der Waals surface area contributed by atoms with E-state index in [2.05, 4.69) is 26.1 Å². The zero-order chi connectivity index (χ0) is 19.1. The fraction of sp³-hybridized carbons (Fsp3) is 0.278. The Morgan fingerprint density at radius 1 is 1.33 bits per heavy atom. The summed E-state index contributed by atoms with van der Waals surface area (Å²) in [7, 11) is 1.86. The fourth-order valence-corrected chi connectivity index (χ4v) is 3.89. The number of nitrogens with zero attached hydrogens (tertiary/aromatic N) is 5. The Morgan fingerprint density at radius 2 is 2.07 bits per heavy atom.